The topological polar surface area (TPSA) is 51.8 Å². The number of nitrogens with zero attached hydrogens (tertiary/aromatic N) is 3. The third-order valence-electron chi connectivity index (χ3n) is 9.48. The van der Waals surface area contributed by atoms with Crippen LogP contribution in [-0.4, -0.2) is 23.0 Å². The molecule has 0 saturated heterocycles. The Morgan fingerprint density at radius 3 is 1.36 bits per heavy atom. The van der Waals surface area contributed by atoms with Gasteiger partial charge in [-0.05, 0) is 38.9 Å². The van der Waals surface area contributed by atoms with Gasteiger partial charge < -0.3 is 4.42 Å². The Morgan fingerprint density at radius 1 is 0.320 bits per heavy atom. The number of fused-ring (bicyclic) bond motifs is 3. The molecule has 50 heavy (non-hydrogen) atoms. The van der Waals surface area contributed by atoms with Crippen LogP contribution in [-0.2, 0) is 0 Å². The lowest BCUT2D eigenvalue weighted by molar-refractivity contribution is 0.669. The van der Waals surface area contributed by atoms with Gasteiger partial charge in [-0.2, -0.15) is 0 Å². The highest BCUT2D eigenvalue weighted by Gasteiger charge is 2.41. The normalized spacial score (nSPS) is 11.6. The highest BCUT2D eigenvalue weighted by Crippen LogP contribution is 2.32. The van der Waals surface area contributed by atoms with Gasteiger partial charge in [-0.1, -0.05) is 170 Å². The quantitative estimate of drug-likeness (QED) is 0.128. The summed E-state index contributed by atoms with van der Waals surface area (Å²) in [7, 11) is -2.75. The van der Waals surface area contributed by atoms with Crippen LogP contribution in [0.2, 0.25) is 0 Å². The van der Waals surface area contributed by atoms with Crippen molar-refractivity contribution >= 4 is 50.8 Å². The van der Waals surface area contributed by atoms with Crippen LogP contribution in [0.4, 0.5) is 0 Å². The van der Waals surface area contributed by atoms with Crippen molar-refractivity contribution in [1.82, 2.24) is 15.0 Å². The number of benzene rings is 7. The van der Waals surface area contributed by atoms with E-state index in [1.54, 1.807) is 0 Å². The molecule has 0 fully saturated rings. The highest BCUT2D eigenvalue weighted by molar-refractivity contribution is 7.19. The average molecular weight is 658 g/mol. The molecule has 0 aliphatic heterocycles. The number of furan rings is 1. The van der Waals surface area contributed by atoms with Crippen molar-refractivity contribution in [2.24, 2.45) is 0 Å². The fraction of sp³-hybridized carbons (Fsp3) is 0. The van der Waals surface area contributed by atoms with E-state index >= 15 is 0 Å². The number of rotatable bonds is 7. The molecule has 0 atom stereocenters. The molecule has 7 aromatic carbocycles. The largest absolute Gasteiger partial charge is 0.456 e. The third-order valence-corrected chi connectivity index (χ3v) is 14.3. The molecule has 0 bridgehead atoms. The van der Waals surface area contributed by atoms with E-state index in [4.69, 9.17) is 19.4 Å². The Balaban J connectivity index is 1.26. The zero-order chi connectivity index (χ0) is 33.3. The van der Waals surface area contributed by atoms with Crippen molar-refractivity contribution in [2.45, 2.75) is 0 Å². The molecule has 0 spiro atoms. The van der Waals surface area contributed by atoms with E-state index in [1.807, 2.05) is 54.6 Å². The molecule has 0 aliphatic rings. The number of para-hydroxylation sites is 1. The Labute approximate surface area is 291 Å². The van der Waals surface area contributed by atoms with E-state index in [0.717, 1.165) is 38.6 Å². The lowest BCUT2D eigenvalue weighted by atomic mass is 10.1. The smallest absolute Gasteiger partial charge is 0.179 e. The summed E-state index contributed by atoms with van der Waals surface area (Å²) in [5, 5.41) is 7.36. The summed E-state index contributed by atoms with van der Waals surface area (Å²) in [5.41, 5.74) is 4.40. The van der Waals surface area contributed by atoms with Crippen LogP contribution in [0.3, 0.4) is 0 Å². The van der Waals surface area contributed by atoms with Crippen molar-refractivity contribution in [3.63, 3.8) is 0 Å². The maximum absolute atomic E-state index is 6.26. The van der Waals surface area contributed by atoms with Crippen LogP contribution in [0.5, 0.6) is 0 Å². The summed E-state index contributed by atoms with van der Waals surface area (Å²) in [4.78, 5) is 15.3. The van der Waals surface area contributed by atoms with E-state index in [9.17, 15) is 0 Å². The molecule has 9 rings (SSSR count). The average Bonchev–Trinajstić information content (AvgIpc) is 3.58. The number of aromatic nitrogens is 3. The van der Waals surface area contributed by atoms with E-state index in [2.05, 4.69) is 133 Å². The van der Waals surface area contributed by atoms with Crippen LogP contribution in [0, 0.1) is 0 Å². The molecule has 4 nitrogen and oxygen atoms in total. The van der Waals surface area contributed by atoms with Gasteiger partial charge in [0.2, 0.25) is 0 Å². The maximum atomic E-state index is 6.26. The fourth-order valence-corrected chi connectivity index (χ4v) is 12.0. The Bertz CT molecular complexity index is 2490. The minimum atomic E-state index is -2.75. The van der Waals surface area contributed by atoms with Crippen molar-refractivity contribution in [1.29, 1.82) is 0 Å². The van der Waals surface area contributed by atoms with Gasteiger partial charge in [-0.15, -0.1) is 0 Å². The SMILES string of the molecule is c1ccc(-c2nc(-c3cccc([Si](c4ccccc4)(c4ccccc4)c4ccccc4)c3)nc(-c3ccc4c(c3)oc3ccccc34)n2)cc1. The van der Waals surface area contributed by atoms with E-state index in [0.29, 0.717) is 17.5 Å². The van der Waals surface area contributed by atoms with Gasteiger partial charge in [0.25, 0.3) is 0 Å². The van der Waals surface area contributed by atoms with Crippen LogP contribution < -0.4 is 20.7 Å². The summed E-state index contributed by atoms with van der Waals surface area (Å²) in [6.07, 6.45) is 0. The summed E-state index contributed by atoms with van der Waals surface area (Å²) < 4.78 is 6.26. The van der Waals surface area contributed by atoms with Gasteiger partial charge in [0.05, 0.1) is 0 Å². The predicted octanol–water partition coefficient (Wildman–Crippen LogP) is 8.15. The first-order chi connectivity index (χ1) is 24.8. The lowest BCUT2D eigenvalue weighted by Crippen LogP contribution is -2.74. The summed E-state index contributed by atoms with van der Waals surface area (Å²) in [6, 6.07) is 66.1. The molecule has 9 aromatic rings. The summed E-state index contributed by atoms with van der Waals surface area (Å²) in [5.74, 6) is 1.84. The molecule has 0 aliphatic carbocycles. The van der Waals surface area contributed by atoms with Crippen LogP contribution in [0.1, 0.15) is 0 Å². The molecular formula is C45H31N3OSi. The minimum absolute atomic E-state index is 0.597. The first-order valence-electron chi connectivity index (χ1n) is 16.8. The molecular weight excluding hydrogens is 627 g/mol. The van der Waals surface area contributed by atoms with Crippen LogP contribution >= 0.6 is 0 Å². The van der Waals surface area contributed by atoms with E-state index < -0.39 is 8.07 Å². The molecule has 0 unspecified atom stereocenters. The van der Waals surface area contributed by atoms with Crippen molar-refractivity contribution < 1.29 is 4.42 Å². The fourth-order valence-electron chi connectivity index (χ4n) is 7.17. The van der Waals surface area contributed by atoms with Crippen LogP contribution in [0.15, 0.2) is 192 Å². The second-order valence-electron chi connectivity index (χ2n) is 12.4. The minimum Gasteiger partial charge on any atom is -0.456 e. The summed E-state index contributed by atoms with van der Waals surface area (Å²) in [6.45, 7) is 0. The first kappa shape index (κ1) is 29.7. The van der Waals surface area contributed by atoms with Crippen molar-refractivity contribution in [2.75, 3.05) is 0 Å². The molecule has 0 saturated carbocycles. The Hall–Kier alpha value is -6.43. The van der Waals surface area contributed by atoms with Gasteiger partial charge >= 0.3 is 0 Å². The van der Waals surface area contributed by atoms with Crippen LogP contribution in [0.25, 0.3) is 56.1 Å². The summed E-state index contributed by atoms with van der Waals surface area (Å²) >= 11 is 0. The Morgan fingerprint density at radius 2 is 0.760 bits per heavy atom. The maximum Gasteiger partial charge on any atom is 0.179 e. The predicted molar refractivity (Wildman–Crippen MR) is 207 cm³/mol. The first-order valence-corrected chi connectivity index (χ1v) is 18.8. The lowest BCUT2D eigenvalue weighted by Gasteiger charge is -2.34. The van der Waals surface area contributed by atoms with E-state index in [1.165, 1.54) is 20.7 Å². The monoisotopic (exact) mass is 657 g/mol. The zero-order valence-electron chi connectivity index (χ0n) is 27.1. The van der Waals surface area contributed by atoms with Gasteiger partial charge in [0, 0.05) is 27.5 Å². The molecule has 2 aromatic heterocycles. The molecule has 0 N–H and O–H groups in total. The van der Waals surface area contributed by atoms with Crippen molar-refractivity contribution in [3.8, 4) is 34.2 Å². The van der Waals surface area contributed by atoms with Crippen molar-refractivity contribution in [3.05, 3.63) is 188 Å². The molecule has 0 radical (unpaired) electrons. The van der Waals surface area contributed by atoms with E-state index in [-0.39, 0.29) is 0 Å². The van der Waals surface area contributed by atoms with Gasteiger partial charge in [0.15, 0.2) is 25.5 Å². The highest BCUT2D eigenvalue weighted by atomic mass is 28.3. The van der Waals surface area contributed by atoms with Gasteiger partial charge in [-0.25, -0.2) is 15.0 Å². The molecule has 236 valence electrons. The standard InChI is InChI=1S/C45H31N3OSi/c1-5-16-32(17-6-1)43-46-44(48-45(47-43)34-28-29-40-39-26-13-14-27-41(39)49-42(40)31-34)33-18-15-25-38(30-33)50(35-19-7-2-8-20-35,36-21-9-3-10-22-36)37-23-11-4-12-24-37/h1-31H. The second kappa shape index (κ2) is 12.5. The molecule has 5 heteroatoms. The molecule has 2 heterocycles. The molecule has 0 amide bonds. The number of hydrogen-bond donors (Lipinski definition) is 0. The second-order valence-corrected chi connectivity index (χ2v) is 16.2. The third kappa shape index (κ3) is 5.12. The Kier molecular flexibility index (Phi) is 7.45. The van der Waals surface area contributed by atoms with Gasteiger partial charge in [0.1, 0.15) is 11.2 Å². The van der Waals surface area contributed by atoms with Gasteiger partial charge in [-0.3, -0.25) is 0 Å². The zero-order valence-corrected chi connectivity index (χ0v) is 28.1. The number of hydrogen-bond acceptors (Lipinski definition) is 4.